The maximum atomic E-state index is 12.8. The number of nitrogens with zero attached hydrogens (tertiary/aromatic N) is 3. The van der Waals surface area contributed by atoms with Crippen molar-refractivity contribution in [2.75, 3.05) is 19.7 Å². The van der Waals surface area contributed by atoms with Crippen LogP contribution in [-0.2, 0) is 17.9 Å². The van der Waals surface area contributed by atoms with Crippen LogP contribution >= 0.6 is 11.3 Å². The Morgan fingerprint density at radius 3 is 3.07 bits per heavy atom. The molecule has 0 spiro atoms. The minimum atomic E-state index is -0.0438. The fourth-order valence-electron chi connectivity index (χ4n) is 3.70. The van der Waals surface area contributed by atoms with E-state index in [1.54, 1.807) is 11.3 Å². The normalized spacial score (nSPS) is 17.0. The summed E-state index contributed by atoms with van der Waals surface area (Å²) in [5, 5.41) is 9.14. The van der Waals surface area contributed by atoms with Crippen LogP contribution < -0.4 is 10.1 Å². The number of nitrogens with one attached hydrogen (secondary N) is 1. The number of para-hydroxylation sites is 1. The first kappa shape index (κ1) is 20.6. The molecule has 7 nitrogen and oxygen atoms in total. The predicted molar refractivity (Wildman–Crippen MR) is 115 cm³/mol. The zero-order chi connectivity index (χ0) is 20.8. The number of rotatable bonds is 8. The first-order chi connectivity index (χ1) is 14.7. The van der Waals surface area contributed by atoms with E-state index < -0.39 is 0 Å². The first-order valence-electron chi connectivity index (χ1n) is 10.3. The van der Waals surface area contributed by atoms with Crippen molar-refractivity contribution in [2.45, 2.75) is 32.9 Å². The lowest BCUT2D eigenvalue weighted by Gasteiger charge is -2.30. The maximum absolute atomic E-state index is 12.8. The maximum Gasteiger partial charge on any atom is 0.241 e. The second-order valence-electron chi connectivity index (χ2n) is 7.32. The van der Waals surface area contributed by atoms with Crippen LogP contribution in [0.3, 0.4) is 0 Å². The Balaban J connectivity index is 1.31. The number of carbonyl (C=O) groups is 1. The Morgan fingerprint density at radius 1 is 1.33 bits per heavy atom. The lowest BCUT2D eigenvalue weighted by Crippen LogP contribution is -2.42. The SMILES string of the molecule is CCOc1ccccc1CNC(=O)C1CCCN(Cc2nc(-c3cccs3)no2)C1. The van der Waals surface area contributed by atoms with Gasteiger partial charge in [0.25, 0.3) is 0 Å². The van der Waals surface area contributed by atoms with Gasteiger partial charge in [-0.05, 0) is 43.8 Å². The number of hydrogen-bond donors (Lipinski definition) is 1. The molecule has 1 aromatic carbocycles. The average molecular weight is 427 g/mol. The number of likely N-dealkylation sites (tertiary alicyclic amines) is 1. The van der Waals surface area contributed by atoms with Gasteiger partial charge in [-0.15, -0.1) is 11.3 Å². The molecule has 3 heterocycles. The summed E-state index contributed by atoms with van der Waals surface area (Å²) < 4.78 is 11.1. The van der Waals surface area contributed by atoms with E-state index in [0.29, 0.717) is 38.0 Å². The number of hydrogen-bond acceptors (Lipinski definition) is 7. The van der Waals surface area contributed by atoms with E-state index in [1.165, 1.54) is 0 Å². The molecule has 1 fully saturated rings. The van der Waals surface area contributed by atoms with Gasteiger partial charge in [-0.25, -0.2) is 0 Å². The van der Waals surface area contributed by atoms with E-state index in [-0.39, 0.29) is 11.8 Å². The highest BCUT2D eigenvalue weighted by Gasteiger charge is 2.27. The van der Waals surface area contributed by atoms with Crippen molar-refractivity contribution in [1.29, 1.82) is 0 Å². The van der Waals surface area contributed by atoms with Crippen molar-refractivity contribution in [2.24, 2.45) is 5.92 Å². The van der Waals surface area contributed by atoms with Gasteiger partial charge in [0.05, 0.1) is 23.9 Å². The number of amides is 1. The fourth-order valence-corrected chi connectivity index (χ4v) is 4.35. The Morgan fingerprint density at radius 2 is 2.23 bits per heavy atom. The molecule has 1 atom stereocenters. The van der Waals surface area contributed by atoms with Crippen molar-refractivity contribution < 1.29 is 14.1 Å². The molecule has 4 rings (SSSR count). The van der Waals surface area contributed by atoms with Gasteiger partial charge in [-0.2, -0.15) is 4.98 Å². The van der Waals surface area contributed by atoms with E-state index in [1.807, 2.05) is 48.7 Å². The standard InChI is InChI=1S/C22H26N4O3S/c1-2-28-18-9-4-3-7-16(18)13-23-22(27)17-8-5-11-26(14-17)15-20-24-21(25-29-20)19-10-6-12-30-19/h3-4,6-7,9-10,12,17H,2,5,8,11,13-15H2,1H3,(H,23,27). The van der Waals surface area contributed by atoms with Crippen LogP contribution in [0, 0.1) is 5.92 Å². The highest BCUT2D eigenvalue weighted by molar-refractivity contribution is 7.13. The lowest BCUT2D eigenvalue weighted by molar-refractivity contribution is -0.127. The van der Waals surface area contributed by atoms with Crippen LogP contribution in [0.2, 0.25) is 0 Å². The van der Waals surface area contributed by atoms with Gasteiger partial charge in [0, 0.05) is 18.7 Å². The smallest absolute Gasteiger partial charge is 0.241 e. The molecule has 0 bridgehead atoms. The topological polar surface area (TPSA) is 80.5 Å². The van der Waals surface area contributed by atoms with Crippen LogP contribution in [0.4, 0.5) is 0 Å². The largest absolute Gasteiger partial charge is 0.494 e. The number of piperidine rings is 1. The van der Waals surface area contributed by atoms with Crippen LogP contribution in [0.15, 0.2) is 46.3 Å². The Labute approximate surface area is 180 Å². The minimum Gasteiger partial charge on any atom is -0.494 e. The van der Waals surface area contributed by atoms with E-state index in [4.69, 9.17) is 9.26 Å². The van der Waals surface area contributed by atoms with Crippen molar-refractivity contribution in [1.82, 2.24) is 20.4 Å². The van der Waals surface area contributed by atoms with E-state index in [2.05, 4.69) is 20.4 Å². The summed E-state index contributed by atoms with van der Waals surface area (Å²) in [6.07, 6.45) is 1.86. The van der Waals surface area contributed by atoms with Crippen LogP contribution in [0.5, 0.6) is 5.75 Å². The van der Waals surface area contributed by atoms with Crippen LogP contribution in [-0.4, -0.2) is 40.6 Å². The minimum absolute atomic E-state index is 0.0438. The van der Waals surface area contributed by atoms with Gasteiger partial charge < -0.3 is 14.6 Å². The van der Waals surface area contributed by atoms with Crippen molar-refractivity contribution in [3.05, 3.63) is 53.2 Å². The summed E-state index contributed by atoms with van der Waals surface area (Å²) in [6.45, 7) is 5.21. The second kappa shape index (κ2) is 9.86. The van der Waals surface area contributed by atoms with E-state index in [9.17, 15) is 4.79 Å². The Hall–Kier alpha value is -2.71. The zero-order valence-corrected chi connectivity index (χ0v) is 17.9. The summed E-state index contributed by atoms with van der Waals surface area (Å²) >= 11 is 1.59. The molecular weight excluding hydrogens is 400 g/mol. The third-order valence-corrected chi connectivity index (χ3v) is 6.04. The summed E-state index contributed by atoms with van der Waals surface area (Å²) in [5.74, 6) is 2.07. The van der Waals surface area contributed by atoms with Crippen LogP contribution in [0.1, 0.15) is 31.2 Å². The predicted octanol–water partition coefficient (Wildman–Crippen LogP) is 3.73. The van der Waals surface area contributed by atoms with Crippen LogP contribution in [0.25, 0.3) is 10.7 Å². The van der Waals surface area contributed by atoms with Crippen molar-refractivity contribution in [3.63, 3.8) is 0 Å². The van der Waals surface area contributed by atoms with Gasteiger partial charge in [-0.3, -0.25) is 9.69 Å². The molecule has 1 amide bonds. The summed E-state index contributed by atoms with van der Waals surface area (Å²) in [7, 11) is 0. The average Bonchev–Trinajstić information content (AvgIpc) is 3.45. The quantitative estimate of drug-likeness (QED) is 0.591. The van der Waals surface area contributed by atoms with Gasteiger partial charge in [0.2, 0.25) is 17.6 Å². The molecule has 8 heteroatoms. The molecule has 0 saturated carbocycles. The fraction of sp³-hybridized carbons (Fsp3) is 0.409. The summed E-state index contributed by atoms with van der Waals surface area (Å²) in [4.78, 5) is 20.5. The first-order valence-corrected chi connectivity index (χ1v) is 11.2. The van der Waals surface area contributed by atoms with Gasteiger partial charge in [-0.1, -0.05) is 29.4 Å². The molecule has 1 aliphatic heterocycles. The number of benzene rings is 1. The van der Waals surface area contributed by atoms with Gasteiger partial charge in [0.15, 0.2) is 0 Å². The lowest BCUT2D eigenvalue weighted by atomic mass is 9.97. The molecule has 1 saturated heterocycles. The van der Waals surface area contributed by atoms with Gasteiger partial charge >= 0.3 is 0 Å². The highest BCUT2D eigenvalue weighted by Crippen LogP contribution is 2.23. The van der Waals surface area contributed by atoms with Gasteiger partial charge in [0.1, 0.15) is 5.75 Å². The van der Waals surface area contributed by atoms with E-state index in [0.717, 1.165) is 35.6 Å². The number of aromatic nitrogens is 2. The zero-order valence-electron chi connectivity index (χ0n) is 17.0. The molecule has 2 aromatic heterocycles. The molecule has 1 N–H and O–H groups in total. The monoisotopic (exact) mass is 426 g/mol. The molecule has 30 heavy (non-hydrogen) atoms. The molecule has 1 unspecified atom stereocenters. The summed E-state index contributed by atoms with van der Waals surface area (Å²) in [5.41, 5.74) is 0.993. The number of carbonyl (C=O) groups excluding carboxylic acids is 1. The summed E-state index contributed by atoms with van der Waals surface area (Å²) in [6, 6.07) is 11.8. The molecule has 1 aliphatic rings. The van der Waals surface area contributed by atoms with Crippen molar-refractivity contribution >= 4 is 17.2 Å². The van der Waals surface area contributed by atoms with Crippen molar-refractivity contribution in [3.8, 4) is 16.5 Å². The molecule has 3 aromatic rings. The molecule has 0 aliphatic carbocycles. The number of thiophene rings is 1. The molecule has 158 valence electrons. The highest BCUT2D eigenvalue weighted by atomic mass is 32.1. The number of ether oxygens (including phenoxy) is 1. The second-order valence-corrected chi connectivity index (χ2v) is 8.27. The Bertz CT molecular complexity index is 957. The molecule has 0 radical (unpaired) electrons. The third-order valence-electron chi connectivity index (χ3n) is 5.17. The third kappa shape index (κ3) is 5.06. The Kier molecular flexibility index (Phi) is 6.76. The van der Waals surface area contributed by atoms with E-state index >= 15 is 0 Å². The molecular formula is C22H26N4O3S.